The lowest BCUT2D eigenvalue weighted by molar-refractivity contribution is -0.140. The van der Waals surface area contributed by atoms with Crippen molar-refractivity contribution in [2.45, 2.75) is 122 Å². The van der Waals surface area contributed by atoms with Gasteiger partial charge in [-0.05, 0) is 111 Å². The molecule has 1 saturated carbocycles. The zero-order valence-corrected chi connectivity index (χ0v) is 49.1. The average molecular weight is 1170 g/mol. The average Bonchev–Trinajstić information content (AvgIpc) is 1.57. The molecule has 10 rings (SSSR count). The van der Waals surface area contributed by atoms with Crippen molar-refractivity contribution in [1.82, 2.24) is 15.6 Å². The molecular weight excluding hydrogens is 1100 g/mol. The first-order valence-electron chi connectivity index (χ1n) is 28.7. The number of hydrogen-bond acceptors (Lipinski definition) is 15. The number of carbonyl (C=O) groups is 7. The number of carbonyl (C=O) groups excluding carboxylic acids is 7. The summed E-state index contributed by atoms with van der Waals surface area (Å²) in [7, 11) is 4.27. The SMILES string of the molecule is COC(=O)CCCCC(=O)N[C@H](C(=O)N[C@@H](C)C(=O)Nc1ccc(COC(=O)N2c3cc(OCc4cccc(COc5cc(N)c(C(=O)N6c7ccccc7C[C@H]6C)cc5OC)n4)c(OC)cc3C(=O)N3c4ccccc4CC34C[C@@H]24)cc1)C(C)C. The quantitative estimate of drug-likeness (QED) is 0.0282. The minimum Gasteiger partial charge on any atom is -0.493 e. The third-order valence-electron chi connectivity index (χ3n) is 16.1. The number of esters is 1. The van der Waals surface area contributed by atoms with Crippen LogP contribution in [0, 0.1) is 5.92 Å². The normalized spacial score (nSPS) is 17.5. The monoisotopic (exact) mass is 1170 g/mol. The Hall–Kier alpha value is -9.66. The summed E-state index contributed by atoms with van der Waals surface area (Å²) in [4.78, 5) is 104. The molecule has 6 amide bonds. The Morgan fingerprint density at radius 2 is 1.35 bits per heavy atom. The van der Waals surface area contributed by atoms with Gasteiger partial charge >= 0.3 is 12.1 Å². The maximum absolute atomic E-state index is 14.9. The van der Waals surface area contributed by atoms with Crippen LogP contribution in [0.15, 0.2) is 115 Å². The first-order valence-corrected chi connectivity index (χ1v) is 28.7. The number of pyridine rings is 1. The van der Waals surface area contributed by atoms with Crippen LogP contribution in [-0.2, 0) is 61.3 Å². The highest BCUT2D eigenvalue weighted by atomic mass is 16.6. The number of aromatic nitrogens is 1. The minimum absolute atomic E-state index is 0.0205. The second kappa shape index (κ2) is 25.3. The van der Waals surface area contributed by atoms with Crippen LogP contribution in [0.5, 0.6) is 23.0 Å². The molecule has 21 heteroatoms. The van der Waals surface area contributed by atoms with Crippen molar-refractivity contribution in [1.29, 1.82) is 0 Å². The van der Waals surface area contributed by atoms with E-state index in [1.54, 1.807) is 84.3 Å². The van der Waals surface area contributed by atoms with Crippen molar-refractivity contribution < 1.29 is 62.0 Å². The number of para-hydroxylation sites is 2. The van der Waals surface area contributed by atoms with Crippen LogP contribution in [0.1, 0.15) is 109 Å². The third kappa shape index (κ3) is 12.3. The molecular formula is C65H70N8O13. The van der Waals surface area contributed by atoms with E-state index in [4.69, 9.17) is 34.4 Å². The topological polar surface area (TPSA) is 260 Å². The second-order valence-corrected chi connectivity index (χ2v) is 22.3. The van der Waals surface area contributed by atoms with E-state index in [-0.39, 0.29) is 96.8 Å². The Morgan fingerprint density at radius 3 is 2.03 bits per heavy atom. The predicted octanol–water partition coefficient (Wildman–Crippen LogP) is 8.62. The van der Waals surface area contributed by atoms with Crippen molar-refractivity contribution >= 4 is 70.0 Å². The molecule has 86 heavy (non-hydrogen) atoms. The largest absolute Gasteiger partial charge is 0.493 e. The van der Waals surface area contributed by atoms with Gasteiger partial charge in [0.05, 0.1) is 61.1 Å². The molecule has 5 atom stereocenters. The van der Waals surface area contributed by atoms with Crippen molar-refractivity contribution in [3.8, 4) is 23.0 Å². The van der Waals surface area contributed by atoms with E-state index in [0.717, 1.165) is 28.9 Å². The number of nitrogen functional groups attached to an aromatic ring is 1. The Balaban J connectivity index is 0.801. The zero-order valence-electron chi connectivity index (χ0n) is 49.1. The van der Waals surface area contributed by atoms with E-state index >= 15 is 0 Å². The van der Waals surface area contributed by atoms with E-state index in [9.17, 15) is 33.6 Å². The van der Waals surface area contributed by atoms with Gasteiger partial charge in [-0.2, -0.15) is 0 Å². The Morgan fingerprint density at radius 1 is 0.698 bits per heavy atom. The molecule has 3 aliphatic heterocycles. The van der Waals surface area contributed by atoms with Crippen LogP contribution >= 0.6 is 0 Å². The molecule has 6 aromatic rings. The van der Waals surface area contributed by atoms with Crippen LogP contribution in [0.25, 0.3) is 0 Å². The molecule has 1 aromatic heterocycles. The van der Waals surface area contributed by atoms with E-state index in [1.165, 1.54) is 28.3 Å². The van der Waals surface area contributed by atoms with Gasteiger partial charge in [0.15, 0.2) is 23.0 Å². The minimum atomic E-state index is -0.968. The summed E-state index contributed by atoms with van der Waals surface area (Å²) < 4.78 is 34.9. The Bertz CT molecular complexity index is 3610. The summed E-state index contributed by atoms with van der Waals surface area (Å²) in [5.74, 6) is -1.38. The van der Waals surface area contributed by atoms with E-state index in [1.807, 2.05) is 66.4 Å². The number of hydrogen-bond donors (Lipinski definition) is 4. The molecule has 21 nitrogen and oxygen atoms in total. The molecule has 0 radical (unpaired) electrons. The lowest BCUT2D eigenvalue weighted by Gasteiger charge is -2.26. The molecule has 4 heterocycles. The van der Waals surface area contributed by atoms with Crippen molar-refractivity contribution in [2.75, 3.05) is 47.1 Å². The molecule has 448 valence electrons. The summed E-state index contributed by atoms with van der Waals surface area (Å²) in [6.45, 7) is 6.94. The number of benzene rings is 5. The number of ether oxygens (including phenoxy) is 6. The van der Waals surface area contributed by atoms with Crippen LogP contribution in [-0.4, -0.2) is 97.6 Å². The van der Waals surface area contributed by atoms with Gasteiger partial charge < -0.3 is 55.0 Å². The first kappa shape index (κ1) is 59.5. The first-order chi connectivity index (χ1) is 41.4. The summed E-state index contributed by atoms with van der Waals surface area (Å²) in [5, 5.41) is 8.24. The number of amides is 6. The van der Waals surface area contributed by atoms with Crippen molar-refractivity contribution in [3.63, 3.8) is 0 Å². The van der Waals surface area contributed by atoms with Gasteiger partial charge in [0.1, 0.15) is 31.9 Å². The number of methoxy groups -OCH3 is 3. The number of fused-ring (bicyclic) bond motifs is 4. The standard InChI is InChI=1S/C65H70N8O13/c1-37(2)59(70-57(74)21-12-13-22-58(75)83-7)61(77)67-39(4)60(76)69-43-25-23-40(24-26-43)34-86-64(80)72-51-31-55(53(82-6)29-47(51)63(79)73-50-20-11-9-16-42(50)32-65(73)33-56(65)72)85-36-45-18-14-17-44(68-45)35-84-54-30-48(66)46(28-52(54)81-5)62(78)71-38(3)27-41-15-8-10-19-49(41)71/h8-11,14-20,23-26,28-31,37-39,56,59H,12-13,21-22,27,32-36,66H2,1-7H3,(H,67,77)(H,69,76)(H,70,74)/t38-,39+,56-,59+,65?/m1/s1. The number of anilines is 5. The number of unbranched alkanes of at least 4 members (excludes halogenated alkanes) is 1. The van der Waals surface area contributed by atoms with Crippen molar-refractivity contribution in [2.24, 2.45) is 5.92 Å². The second-order valence-electron chi connectivity index (χ2n) is 22.3. The summed E-state index contributed by atoms with van der Waals surface area (Å²) in [5.41, 5.74) is 12.7. The van der Waals surface area contributed by atoms with Gasteiger partial charge in [0.2, 0.25) is 17.7 Å². The fraction of sp³-hybridized carbons (Fsp3) is 0.354. The highest BCUT2D eigenvalue weighted by Gasteiger charge is 2.69. The number of nitrogens with two attached hydrogens (primary N) is 1. The molecule has 5 aromatic carbocycles. The summed E-state index contributed by atoms with van der Waals surface area (Å²) >= 11 is 0. The van der Waals surface area contributed by atoms with Gasteiger partial charge in [0.25, 0.3) is 11.8 Å². The maximum Gasteiger partial charge on any atom is 0.414 e. The van der Waals surface area contributed by atoms with Crippen LogP contribution in [0.4, 0.5) is 33.2 Å². The molecule has 0 saturated heterocycles. The number of nitrogens with zero attached hydrogens (tertiary/aromatic N) is 4. The van der Waals surface area contributed by atoms with E-state index in [2.05, 4.69) is 20.7 Å². The Labute approximate surface area is 498 Å². The Kier molecular flexibility index (Phi) is 17.5. The molecule has 1 unspecified atom stereocenters. The molecule has 1 aliphatic carbocycles. The van der Waals surface area contributed by atoms with E-state index < -0.39 is 41.6 Å². The summed E-state index contributed by atoms with van der Waals surface area (Å²) in [6, 6.07) is 31.7. The van der Waals surface area contributed by atoms with Gasteiger partial charge in [-0.1, -0.05) is 68.4 Å². The van der Waals surface area contributed by atoms with Gasteiger partial charge in [-0.3, -0.25) is 43.6 Å². The molecule has 1 spiro atoms. The lowest BCUT2D eigenvalue weighted by atomic mass is 10.0. The highest BCUT2D eigenvalue weighted by Crippen LogP contribution is 2.59. The van der Waals surface area contributed by atoms with Crippen LogP contribution in [0.2, 0.25) is 0 Å². The predicted molar refractivity (Wildman–Crippen MR) is 320 cm³/mol. The van der Waals surface area contributed by atoms with Crippen molar-refractivity contribution in [3.05, 3.63) is 154 Å². The van der Waals surface area contributed by atoms with E-state index in [0.29, 0.717) is 65.4 Å². The highest BCUT2D eigenvalue weighted by molar-refractivity contribution is 6.16. The fourth-order valence-electron chi connectivity index (χ4n) is 11.6. The number of rotatable bonds is 22. The summed E-state index contributed by atoms with van der Waals surface area (Å²) in [6.07, 6.45) is 2.30. The molecule has 1 fully saturated rings. The van der Waals surface area contributed by atoms with Gasteiger partial charge in [-0.15, -0.1) is 0 Å². The lowest BCUT2D eigenvalue weighted by Crippen LogP contribution is -2.53. The maximum atomic E-state index is 14.9. The van der Waals surface area contributed by atoms with Gasteiger partial charge in [-0.25, -0.2) is 4.79 Å². The zero-order chi connectivity index (χ0) is 61.0. The van der Waals surface area contributed by atoms with Crippen LogP contribution in [0.3, 0.4) is 0 Å². The van der Waals surface area contributed by atoms with Crippen LogP contribution < -0.4 is 55.3 Å². The number of nitrogens with one attached hydrogen (secondary N) is 3. The third-order valence-corrected chi connectivity index (χ3v) is 16.1. The molecule has 4 aliphatic rings. The molecule has 0 bridgehead atoms. The fourth-order valence-corrected chi connectivity index (χ4v) is 11.6. The van der Waals surface area contributed by atoms with Gasteiger partial charge in [0, 0.05) is 60.2 Å². The molecule has 5 N–H and O–H groups in total. The smallest absolute Gasteiger partial charge is 0.414 e.